The van der Waals surface area contributed by atoms with Gasteiger partial charge in [-0.2, -0.15) is 9.57 Å². The molecule has 1 aliphatic heterocycles. The Morgan fingerprint density at radius 3 is 2.29 bits per heavy atom. The van der Waals surface area contributed by atoms with Crippen molar-refractivity contribution in [3.8, 4) is 6.07 Å². The molecule has 0 bridgehead atoms. The molecular formula is C20H18FN3O3S. The zero-order valence-electron chi connectivity index (χ0n) is 15.0. The maximum atomic E-state index is 13.6. The summed E-state index contributed by atoms with van der Waals surface area (Å²) in [7, 11) is -3.68. The van der Waals surface area contributed by atoms with Crippen molar-refractivity contribution in [2.24, 2.45) is 0 Å². The minimum absolute atomic E-state index is 0.116. The predicted molar refractivity (Wildman–Crippen MR) is 102 cm³/mol. The second-order valence-electron chi connectivity index (χ2n) is 6.22. The lowest BCUT2D eigenvalue weighted by molar-refractivity contribution is -0.127. The highest BCUT2D eigenvalue weighted by molar-refractivity contribution is 7.89. The van der Waals surface area contributed by atoms with Crippen LogP contribution in [0.25, 0.3) is 6.08 Å². The molecule has 8 heteroatoms. The van der Waals surface area contributed by atoms with Crippen LogP contribution in [0.5, 0.6) is 0 Å². The van der Waals surface area contributed by atoms with Crippen LogP contribution >= 0.6 is 0 Å². The van der Waals surface area contributed by atoms with Crippen LogP contribution in [-0.4, -0.2) is 49.7 Å². The largest absolute Gasteiger partial charge is 0.337 e. The highest BCUT2D eigenvalue weighted by atomic mass is 32.2. The minimum Gasteiger partial charge on any atom is -0.337 e. The third-order valence-corrected chi connectivity index (χ3v) is 6.40. The van der Waals surface area contributed by atoms with Crippen molar-refractivity contribution in [1.29, 1.82) is 5.26 Å². The molecule has 0 saturated carbocycles. The van der Waals surface area contributed by atoms with E-state index in [4.69, 9.17) is 5.26 Å². The van der Waals surface area contributed by atoms with Gasteiger partial charge in [0.2, 0.25) is 15.9 Å². The molecule has 2 aromatic rings. The molecule has 0 aliphatic carbocycles. The Morgan fingerprint density at radius 2 is 1.68 bits per heavy atom. The van der Waals surface area contributed by atoms with Crippen molar-refractivity contribution >= 4 is 22.0 Å². The first kappa shape index (κ1) is 19.7. The van der Waals surface area contributed by atoms with E-state index < -0.39 is 15.8 Å². The van der Waals surface area contributed by atoms with Crippen LogP contribution < -0.4 is 0 Å². The Bertz CT molecular complexity index is 1040. The molecule has 0 aromatic heterocycles. The monoisotopic (exact) mass is 399 g/mol. The summed E-state index contributed by atoms with van der Waals surface area (Å²) in [5.41, 5.74) is 0.703. The highest BCUT2D eigenvalue weighted by Gasteiger charge is 2.29. The number of nitrogens with zero attached hydrogens (tertiary/aromatic N) is 3. The smallest absolute Gasteiger partial charge is 0.246 e. The number of halogens is 1. The fourth-order valence-corrected chi connectivity index (χ4v) is 4.30. The summed E-state index contributed by atoms with van der Waals surface area (Å²) < 4.78 is 40.3. The van der Waals surface area contributed by atoms with Gasteiger partial charge in [0.15, 0.2) is 0 Å². The summed E-state index contributed by atoms with van der Waals surface area (Å²) in [6.07, 6.45) is 2.71. The standard InChI is InChI=1S/C20H18FN3O3S/c21-19-4-2-1-3-17(19)7-10-20(25)23-11-13-24(14-12-23)28(26,27)18-8-5-16(15-22)6-9-18/h1-10H,11-14H2/b10-7+. The molecule has 0 radical (unpaired) electrons. The van der Waals surface area contributed by atoms with Crippen LogP contribution in [0.1, 0.15) is 11.1 Å². The molecular weight excluding hydrogens is 381 g/mol. The third kappa shape index (κ3) is 4.27. The van der Waals surface area contributed by atoms with E-state index in [2.05, 4.69) is 0 Å². The van der Waals surface area contributed by atoms with Gasteiger partial charge >= 0.3 is 0 Å². The first-order valence-corrected chi connectivity index (χ1v) is 10.1. The van der Waals surface area contributed by atoms with E-state index in [1.807, 2.05) is 6.07 Å². The van der Waals surface area contributed by atoms with Crippen molar-refractivity contribution in [2.45, 2.75) is 4.90 Å². The number of piperazine rings is 1. The topological polar surface area (TPSA) is 81.5 Å². The summed E-state index contributed by atoms with van der Waals surface area (Å²) in [4.78, 5) is 13.9. The summed E-state index contributed by atoms with van der Waals surface area (Å²) in [5.74, 6) is -0.705. The number of carbonyl (C=O) groups excluding carboxylic acids is 1. The average Bonchev–Trinajstić information content (AvgIpc) is 2.73. The minimum atomic E-state index is -3.68. The van der Waals surface area contributed by atoms with Crippen LogP contribution in [0, 0.1) is 17.1 Å². The van der Waals surface area contributed by atoms with Crippen molar-refractivity contribution in [3.63, 3.8) is 0 Å². The molecule has 1 heterocycles. The number of benzene rings is 2. The quantitative estimate of drug-likeness (QED) is 0.739. The summed E-state index contributed by atoms with van der Waals surface area (Å²) in [6, 6.07) is 13.8. The molecule has 6 nitrogen and oxygen atoms in total. The molecule has 1 fully saturated rings. The first-order chi connectivity index (χ1) is 13.4. The van der Waals surface area contributed by atoms with Gasteiger partial charge < -0.3 is 4.90 Å². The molecule has 0 unspecified atom stereocenters. The fourth-order valence-electron chi connectivity index (χ4n) is 2.88. The van der Waals surface area contributed by atoms with Gasteiger partial charge in [0.05, 0.1) is 16.5 Å². The SMILES string of the molecule is N#Cc1ccc(S(=O)(=O)N2CCN(C(=O)/C=C/c3ccccc3F)CC2)cc1. The molecule has 1 saturated heterocycles. The van der Waals surface area contributed by atoms with Crippen molar-refractivity contribution < 1.29 is 17.6 Å². The van der Waals surface area contributed by atoms with Gasteiger partial charge in [0.25, 0.3) is 0 Å². The lowest BCUT2D eigenvalue weighted by atomic mass is 10.2. The second-order valence-corrected chi connectivity index (χ2v) is 8.16. The molecule has 3 rings (SSSR count). The van der Waals surface area contributed by atoms with Crippen molar-refractivity contribution in [2.75, 3.05) is 26.2 Å². The first-order valence-electron chi connectivity index (χ1n) is 8.63. The molecule has 1 aliphatic rings. The number of amides is 1. The second kappa shape index (κ2) is 8.33. The van der Waals surface area contributed by atoms with E-state index in [9.17, 15) is 17.6 Å². The van der Waals surface area contributed by atoms with Crippen LogP contribution in [0.4, 0.5) is 4.39 Å². The summed E-state index contributed by atoms with van der Waals surface area (Å²) in [6.45, 7) is 0.829. The summed E-state index contributed by atoms with van der Waals surface area (Å²) >= 11 is 0. The van der Waals surface area contributed by atoms with E-state index in [0.717, 1.165) is 0 Å². The molecule has 144 valence electrons. The van der Waals surface area contributed by atoms with Crippen LogP contribution in [0.15, 0.2) is 59.5 Å². The average molecular weight is 399 g/mol. The number of hydrogen-bond acceptors (Lipinski definition) is 4. The third-order valence-electron chi connectivity index (χ3n) is 4.48. The number of rotatable bonds is 4. The van der Waals surface area contributed by atoms with E-state index in [1.54, 1.807) is 18.2 Å². The normalized spacial score (nSPS) is 15.5. The molecule has 0 spiro atoms. The van der Waals surface area contributed by atoms with Crippen molar-refractivity contribution in [3.05, 3.63) is 71.6 Å². The van der Waals surface area contributed by atoms with Gasteiger partial charge in [0.1, 0.15) is 5.82 Å². The molecule has 28 heavy (non-hydrogen) atoms. The Hall–Kier alpha value is -3.02. The number of carbonyl (C=O) groups is 1. The number of nitriles is 1. The Balaban J connectivity index is 1.62. The van der Waals surface area contributed by atoms with Gasteiger partial charge in [-0.15, -0.1) is 0 Å². The highest BCUT2D eigenvalue weighted by Crippen LogP contribution is 2.18. The number of hydrogen-bond donors (Lipinski definition) is 0. The molecule has 2 aromatic carbocycles. The van der Waals surface area contributed by atoms with Crippen LogP contribution in [-0.2, 0) is 14.8 Å². The Labute approximate surface area is 163 Å². The number of sulfonamides is 1. The predicted octanol–water partition coefficient (Wildman–Crippen LogP) is 2.24. The zero-order valence-corrected chi connectivity index (χ0v) is 15.8. The zero-order chi connectivity index (χ0) is 20.1. The van der Waals surface area contributed by atoms with E-state index in [0.29, 0.717) is 11.1 Å². The Kier molecular flexibility index (Phi) is 5.87. The molecule has 1 amide bonds. The van der Waals surface area contributed by atoms with Gasteiger partial charge in [0, 0.05) is 37.8 Å². The molecule has 0 N–H and O–H groups in total. The van der Waals surface area contributed by atoms with E-state index in [-0.39, 0.29) is 37.0 Å². The van der Waals surface area contributed by atoms with Gasteiger partial charge in [-0.25, -0.2) is 12.8 Å². The van der Waals surface area contributed by atoms with Gasteiger partial charge in [-0.1, -0.05) is 18.2 Å². The van der Waals surface area contributed by atoms with E-state index in [1.165, 1.54) is 51.7 Å². The lowest BCUT2D eigenvalue weighted by Gasteiger charge is -2.33. The van der Waals surface area contributed by atoms with E-state index >= 15 is 0 Å². The van der Waals surface area contributed by atoms with Crippen LogP contribution in [0.2, 0.25) is 0 Å². The fraction of sp³-hybridized carbons (Fsp3) is 0.200. The van der Waals surface area contributed by atoms with Crippen LogP contribution in [0.3, 0.4) is 0 Å². The summed E-state index contributed by atoms with van der Waals surface area (Å²) in [5, 5.41) is 8.82. The lowest BCUT2D eigenvalue weighted by Crippen LogP contribution is -2.50. The maximum Gasteiger partial charge on any atom is 0.246 e. The maximum absolute atomic E-state index is 13.6. The molecule has 0 atom stereocenters. The van der Waals surface area contributed by atoms with Crippen molar-refractivity contribution in [1.82, 2.24) is 9.21 Å². The Morgan fingerprint density at radius 1 is 1.04 bits per heavy atom. The van der Waals surface area contributed by atoms with Gasteiger partial charge in [-0.05, 0) is 36.4 Å². The van der Waals surface area contributed by atoms with Gasteiger partial charge in [-0.3, -0.25) is 4.79 Å².